The monoisotopic (exact) mass is 285 g/mol. The third-order valence-corrected chi connectivity index (χ3v) is 2.92. The van der Waals surface area contributed by atoms with Crippen LogP contribution < -0.4 is 5.32 Å². The van der Waals surface area contributed by atoms with Gasteiger partial charge >= 0.3 is 0 Å². The minimum absolute atomic E-state index is 0.0265. The molecule has 21 heavy (non-hydrogen) atoms. The lowest BCUT2D eigenvalue weighted by atomic mass is 10.1. The topological polar surface area (TPSA) is 49.3 Å². The van der Waals surface area contributed by atoms with Crippen LogP contribution in [-0.4, -0.2) is 11.0 Å². The summed E-state index contributed by atoms with van der Waals surface area (Å²) in [6.07, 6.45) is 2.92. The first kappa shape index (κ1) is 14.9. The molecule has 0 bridgehead atoms. The zero-order valence-corrected chi connectivity index (χ0v) is 11.4. The van der Waals surface area contributed by atoms with Crippen molar-refractivity contribution in [3.8, 4) is 0 Å². The Morgan fingerprint density at radius 2 is 1.90 bits per heavy atom. The van der Waals surface area contributed by atoms with E-state index in [1.807, 2.05) is 24.3 Å². The number of hydrogen-bond acceptors (Lipinski definition) is 2. The van der Waals surface area contributed by atoms with E-state index in [9.17, 15) is 9.18 Å². The molecule has 0 saturated carbocycles. The summed E-state index contributed by atoms with van der Waals surface area (Å²) in [5.41, 5.74) is 2.35. The lowest BCUT2D eigenvalue weighted by molar-refractivity contribution is -0.116. The largest absolute Gasteiger partial charge is 0.392 e. The highest BCUT2D eigenvalue weighted by Crippen LogP contribution is 2.06. The average molecular weight is 285 g/mol. The van der Waals surface area contributed by atoms with Crippen LogP contribution in [0.15, 0.2) is 54.6 Å². The Morgan fingerprint density at radius 1 is 1.14 bits per heavy atom. The number of hydrogen-bond donors (Lipinski definition) is 2. The maximum Gasteiger partial charge on any atom is 0.244 e. The summed E-state index contributed by atoms with van der Waals surface area (Å²) in [6, 6.07) is 13.4. The Bertz CT molecular complexity index is 653. The molecule has 0 aliphatic heterocycles. The van der Waals surface area contributed by atoms with Gasteiger partial charge in [-0.25, -0.2) is 4.39 Å². The van der Waals surface area contributed by atoms with Gasteiger partial charge in [-0.1, -0.05) is 36.4 Å². The van der Waals surface area contributed by atoms with Crippen LogP contribution in [0.5, 0.6) is 0 Å². The summed E-state index contributed by atoms with van der Waals surface area (Å²) in [5.74, 6) is -0.591. The molecule has 2 aromatic rings. The number of amides is 1. The molecule has 0 fully saturated rings. The summed E-state index contributed by atoms with van der Waals surface area (Å²) in [6.45, 7) is 0.349. The molecule has 0 spiro atoms. The highest BCUT2D eigenvalue weighted by Gasteiger charge is 1.99. The summed E-state index contributed by atoms with van der Waals surface area (Å²) in [4.78, 5) is 11.7. The third kappa shape index (κ3) is 4.85. The maximum absolute atomic E-state index is 13.0. The van der Waals surface area contributed by atoms with Crippen molar-refractivity contribution in [3.63, 3.8) is 0 Å². The lowest BCUT2D eigenvalue weighted by Gasteiger charge is -2.04. The van der Waals surface area contributed by atoms with Gasteiger partial charge in [-0.15, -0.1) is 0 Å². The quantitative estimate of drug-likeness (QED) is 0.830. The number of aliphatic hydroxyl groups is 1. The fraction of sp³-hybridized carbons (Fsp3) is 0.118. The molecule has 0 heterocycles. The average Bonchev–Trinajstić information content (AvgIpc) is 2.51. The Balaban J connectivity index is 1.90. The first-order valence-corrected chi connectivity index (χ1v) is 6.57. The van der Waals surface area contributed by atoms with E-state index in [0.29, 0.717) is 12.1 Å². The van der Waals surface area contributed by atoms with Crippen molar-refractivity contribution in [3.05, 3.63) is 77.1 Å². The fourth-order valence-corrected chi connectivity index (χ4v) is 1.87. The summed E-state index contributed by atoms with van der Waals surface area (Å²) >= 11 is 0. The number of carbonyl (C=O) groups is 1. The van der Waals surface area contributed by atoms with Crippen LogP contribution in [0.25, 0.3) is 6.08 Å². The zero-order chi connectivity index (χ0) is 15.1. The Labute approximate surface area is 122 Å². The molecule has 1 amide bonds. The number of halogens is 1. The van der Waals surface area contributed by atoms with Gasteiger partial charge in [0.15, 0.2) is 0 Å². The predicted molar refractivity (Wildman–Crippen MR) is 79.6 cm³/mol. The summed E-state index contributed by atoms with van der Waals surface area (Å²) in [7, 11) is 0. The fourth-order valence-electron chi connectivity index (χ4n) is 1.87. The molecule has 0 radical (unpaired) electrons. The van der Waals surface area contributed by atoms with Gasteiger partial charge in [-0.2, -0.15) is 0 Å². The van der Waals surface area contributed by atoms with Gasteiger partial charge in [-0.05, 0) is 34.9 Å². The Hall–Kier alpha value is -2.46. The molecule has 2 N–H and O–H groups in total. The minimum Gasteiger partial charge on any atom is -0.392 e. The SMILES string of the molecule is O=C(C=Cc1cccc(F)c1)NCc1cccc(CO)c1. The third-order valence-electron chi connectivity index (χ3n) is 2.92. The number of benzene rings is 2. The van der Waals surface area contributed by atoms with Crippen molar-refractivity contribution >= 4 is 12.0 Å². The molecular weight excluding hydrogens is 269 g/mol. The van der Waals surface area contributed by atoms with Gasteiger partial charge in [0, 0.05) is 12.6 Å². The van der Waals surface area contributed by atoms with Crippen molar-refractivity contribution in [2.75, 3.05) is 0 Å². The van der Waals surface area contributed by atoms with Crippen LogP contribution in [0.2, 0.25) is 0 Å². The molecule has 2 rings (SSSR count). The van der Waals surface area contributed by atoms with Crippen LogP contribution in [0.3, 0.4) is 0 Å². The Kier molecular flexibility index (Phi) is 5.23. The second-order valence-electron chi connectivity index (χ2n) is 4.58. The van der Waals surface area contributed by atoms with Gasteiger partial charge in [0.2, 0.25) is 5.91 Å². The summed E-state index contributed by atoms with van der Waals surface area (Å²) in [5, 5.41) is 11.8. The normalized spacial score (nSPS) is 10.8. The molecule has 3 nitrogen and oxygen atoms in total. The van der Waals surface area contributed by atoms with E-state index in [-0.39, 0.29) is 18.3 Å². The van der Waals surface area contributed by atoms with Gasteiger partial charge in [0.25, 0.3) is 0 Å². The van der Waals surface area contributed by atoms with Gasteiger partial charge in [0.1, 0.15) is 5.82 Å². The molecule has 0 saturated heterocycles. The molecule has 0 unspecified atom stereocenters. The zero-order valence-electron chi connectivity index (χ0n) is 11.4. The minimum atomic E-state index is -0.335. The van der Waals surface area contributed by atoms with Crippen LogP contribution >= 0.6 is 0 Å². The molecule has 0 aliphatic carbocycles. The van der Waals surface area contributed by atoms with E-state index in [0.717, 1.165) is 11.1 Å². The molecule has 0 atom stereocenters. The lowest BCUT2D eigenvalue weighted by Crippen LogP contribution is -2.20. The highest BCUT2D eigenvalue weighted by atomic mass is 19.1. The van der Waals surface area contributed by atoms with Gasteiger partial charge in [0.05, 0.1) is 6.61 Å². The summed E-state index contributed by atoms with van der Waals surface area (Å²) < 4.78 is 13.0. The highest BCUT2D eigenvalue weighted by molar-refractivity contribution is 5.91. The van der Waals surface area contributed by atoms with Crippen molar-refractivity contribution in [1.82, 2.24) is 5.32 Å². The van der Waals surface area contributed by atoms with Gasteiger partial charge < -0.3 is 10.4 Å². The van der Waals surface area contributed by atoms with Crippen molar-refractivity contribution in [2.24, 2.45) is 0 Å². The molecule has 108 valence electrons. The Morgan fingerprint density at radius 3 is 2.67 bits per heavy atom. The van der Waals surface area contributed by atoms with Crippen molar-refractivity contribution in [1.29, 1.82) is 0 Å². The predicted octanol–water partition coefficient (Wildman–Crippen LogP) is 2.65. The van der Waals surface area contributed by atoms with Crippen LogP contribution in [0.1, 0.15) is 16.7 Å². The maximum atomic E-state index is 13.0. The van der Waals surface area contributed by atoms with E-state index in [1.54, 1.807) is 18.2 Å². The van der Waals surface area contributed by atoms with E-state index >= 15 is 0 Å². The number of nitrogens with one attached hydrogen (secondary N) is 1. The van der Waals surface area contributed by atoms with Crippen molar-refractivity contribution < 1.29 is 14.3 Å². The first-order valence-electron chi connectivity index (χ1n) is 6.57. The molecule has 4 heteroatoms. The number of carbonyl (C=O) groups excluding carboxylic acids is 1. The van der Waals surface area contributed by atoms with Crippen molar-refractivity contribution in [2.45, 2.75) is 13.2 Å². The van der Waals surface area contributed by atoms with Crippen LogP contribution in [-0.2, 0) is 17.9 Å². The van der Waals surface area contributed by atoms with E-state index in [4.69, 9.17) is 5.11 Å². The van der Waals surface area contributed by atoms with Gasteiger partial charge in [-0.3, -0.25) is 4.79 Å². The second kappa shape index (κ2) is 7.36. The van der Waals surface area contributed by atoms with Crippen LogP contribution in [0, 0.1) is 5.82 Å². The van der Waals surface area contributed by atoms with E-state index in [1.165, 1.54) is 18.2 Å². The molecule has 2 aromatic carbocycles. The molecule has 0 aliphatic rings. The molecular formula is C17H16FNO2. The first-order chi connectivity index (χ1) is 10.2. The second-order valence-corrected chi connectivity index (χ2v) is 4.58. The smallest absolute Gasteiger partial charge is 0.244 e. The van der Waals surface area contributed by atoms with E-state index < -0.39 is 0 Å². The van der Waals surface area contributed by atoms with Crippen LogP contribution in [0.4, 0.5) is 4.39 Å². The molecule has 0 aromatic heterocycles. The number of aliphatic hydroxyl groups excluding tert-OH is 1. The van der Waals surface area contributed by atoms with E-state index in [2.05, 4.69) is 5.32 Å². The number of rotatable bonds is 5. The standard InChI is InChI=1S/C17H16FNO2/c18-16-6-2-3-13(10-16)7-8-17(21)19-11-14-4-1-5-15(9-14)12-20/h1-10,20H,11-12H2,(H,19,21).